The number of para-hydroxylation sites is 1. The molecule has 6 aromatic rings. The van der Waals surface area contributed by atoms with Gasteiger partial charge in [0.1, 0.15) is 5.69 Å². The van der Waals surface area contributed by atoms with Crippen molar-refractivity contribution in [1.82, 2.24) is 24.7 Å². The van der Waals surface area contributed by atoms with Crippen molar-refractivity contribution in [3.05, 3.63) is 123 Å². The Labute approximate surface area is 262 Å². The minimum atomic E-state index is 0.315. The maximum atomic E-state index is 6.59. The van der Waals surface area contributed by atoms with Gasteiger partial charge in [-0.15, -0.1) is 0 Å². The third kappa shape index (κ3) is 5.49. The van der Waals surface area contributed by atoms with Gasteiger partial charge in [-0.3, -0.25) is 9.67 Å². The summed E-state index contributed by atoms with van der Waals surface area (Å²) in [6, 6.07) is 22.5. The molecule has 42 heavy (non-hydrogen) atoms. The fourth-order valence-electron chi connectivity index (χ4n) is 4.71. The highest BCUT2D eigenvalue weighted by atomic mass is 35.5. The van der Waals surface area contributed by atoms with Crippen LogP contribution >= 0.6 is 46.4 Å². The Morgan fingerprint density at radius 1 is 0.786 bits per heavy atom. The van der Waals surface area contributed by atoms with Gasteiger partial charge in [0.15, 0.2) is 17.4 Å². The van der Waals surface area contributed by atoms with Crippen molar-refractivity contribution in [2.75, 3.05) is 12.0 Å². The van der Waals surface area contributed by atoms with Gasteiger partial charge in [-0.25, -0.2) is 9.97 Å². The summed E-state index contributed by atoms with van der Waals surface area (Å²) in [6.07, 6.45) is 5.05. The van der Waals surface area contributed by atoms with Crippen LogP contribution in [0.4, 0.5) is 11.5 Å². The van der Waals surface area contributed by atoms with Crippen molar-refractivity contribution < 1.29 is 4.74 Å². The van der Waals surface area contributed by atoms with Crippen LogP contribution in [0, 0.1) is 0 Å². The molecule has 210 valence electrons. The van der Waals surface area contributed by atoms with Crippen LogP contribution in [0.2, 0.25) is 20.1 Å². The van der Waals surface area contributed by atoms with Gasteiger partial charge in [0.05, 0.1) is 31.9 Å². The molecule has 0 radical (unpaired) electrons. The van der Waals surface area contributed by atoms with E-state index >= 15 is 0 Å². The molecule has 11 heteroatoms. The van der Waals surface area contributed by atoms with E-state index in [0.717, 1.165) is 27.7 Å². The molecule has 0 unspecified atom stereocenters. The Bertz CT molecular complexity index is 1860. The van der Waals surface area contributed by atoms with Crippen LogP contribution in [0.5, 0.6) is 5.75 Å². The lowest BCUT2D eigenvalue weighted by Crippen LogP contribution is -2.20. The minimum Gasteiger partial charge on any atom is -0.491 e. The van der Waals surface area contributed by atoms with Gasteiger partial charge < -0.3 is 9.64 Å². The summed E-state index contributed by atoms with van der Waals surface area (Å²) >= 11 is 26.2. The van der Waals surface area contributed by atoms with Gasteiger partial charge in [-0.1, -0.05) is 76.7 Å². The summed E-state index contributed by atoms with van der Waals surface area (Å²) in [7, 11) is 1.58. The summed E-state index contributed by atoms with van der Waals surface area (Å²) in [5.41, 5.74) is 3.82. The average molecular weight is 636 g/mol. The van der Waals surface area contributed by atoms with E-state index in [9.17, 15) is 0 Å². The molecule has 0 saturated heterocycles. The van der Waals surface area contributed by atoms with Crippen LogP contribution in [0.25, 0.3) is 22.4 Å². The number of anilines is 2. The number of benzene rings is 3. The molecule has 3 aromatic heterocycles. The third-order valence-corrected chi connectivity index (χ3v) is 8.22. The van der Waals surface area contributed by atoms with Crippen LogP contribution < -0.4 is 9.64 Å². The Morgan fingerprint density at radius 3 is 2.10 bits per heavy atom. The van der Waals surface area contributed by atoms with E-state index in [4.69, 9.17) is 61.2 Å². The lowest BCUT2D eigenvalue weighted by atomic mass is 10.2. The maximum Gasteiger partial charge on any atom is 0.183 e. The predicted molar refractivity (Wildman–Crippen MR) is 169 cm³/mol. The van der Waals surface area contributed by atoms with Crippen LogP contribution in [0.15, 0.2) is 91.4 Å². The number of rotatable bonds is 8. The molecule has 3 aromatic carbocycles. The Kier molecular flexibility index (Phi) is 8.18. The van der Waals surface area contributed by atoms with E-state index < -0.39 is 0 Å². The van der Waals surface area contributed by atoms with E-state index in [-0.39, 0.29) is 0 Å². The quantitative estimate of drug-likeness (QED) is 0.166. The second kappa shape index (κ2) is 12.2. The number of pyridine rings is 1. The molecule has 0 atom stereocenters. The first-order chi connectivity index (χ1) is 20.4. The van der Waals surface area contributed by atoms with Gasteiger partial charge in [0.2, 0.25) is 0 Å². The molecular formula is C31H22Cl4N6O. The van der Waals surface area contributed by atoms with Gasteiger partial charge in [0.25, 0.3) is 0 Å². The molecule has 0 spiro atoms. The highest BCUT2D eigenvalue weighted by Crippen LogP contribution is 2.38. The predicted octanol–water partition coefficient (Wildman–Crippen LogP) is 8.90. The second-order valence-corrected chi connectivity index (χ2v) is 10.9. The number of halogens is 4. The number of fused-ring (bicyclic) bond motifs is 1. The summed E-state index contributed by atoms with van der Waals surface area (Å²) in [4.78, 5) is 15.8. The molecule has 0 N–H and O–H groups in total. The lowest BCUT2D eigenvalue weighted by Gasteiger charge is -2.26. The lowest BCUT2D eigenvalue weighted by molar-refractivity contribution is 0.411. The first kappa shape index (κ1) is 28.2. The number of ether oxygens (including phenoxy) is 1. The highest BCUT2D eigenvalue weighted by molar-refractivity contribution is 6.36. The molecule has 0 saturated carbocycles. The van der Waals surface area contributed by atoms with Crippen molar-refractivity contribution in [3.8, 4) is 17.3 Å². The second-order valence-electron chi connectivity index (χ2n) is 9.30. The van der Waals surface area contributed by atoms with E-state index in [0.29, 0.717) is 56.3 Å². The molecule has 0 bridgehead atoms. The van der Waals surface area contributed by atoms with Gasteiger partial charge in [-0.2, -0.15) is 5.10 Å². The third-order valence-electron chi connectivity index (χ3n) is 6.80. The van der Waals surface area contributed by atoms with Crippen molar-refractivity contribution in [2.24, 2.45) is 0 Å². The fourth-order valence-corrected chi connectivity index (χ4v) is 5.75. The van der Waals surface area contributed by atoms with Crippen LogP contribution in [-0.2, 0) is 13.1 Å². The summed E-state index contributed by atoms with van der Waals surface area (Å²) in [6.45, 7) is 0.686. The topological polar surface area (TPSA) is 69.0 Å². The largest absolute Gasteiger partial charge is 0.491 e. The van der Waals surface area contributed by atoms with Crippen LogP contribution in [0.3, 0.4) is 0 Å². The molecular weight excluding hydrogens is 614 g/mol. The monoisotopic (exact) mass is 634 g/mol. The molecule has 6 rings (SSSR count). The average Bonchev–Trinajstić information content (AvgIpc) is 3.37. The number of methoxy groups -OCH3 is 1. The van der Waals surface area contributed by atoms with Crippen molar-refractivity contribution >= 4 is 68.8 Å². The van der Waals surface area contributed by atoms with Gasteiger partial charge in [0, 0.05) is 54.7 Å². The molecule has 0 fully saturated rings. The molecule has 3 heterocycles. The number of nitrogens with zero attached hydrogens (tertiary/aromatic N) is 6. The first-order valence-electron chi connectivity index (χ1n) is 12.8. The standard InChI is InChI=1S/C31H22Cl4N6O/c1-42-28-16-37-30(29-20-6-2-3-11-27(20)41(39-29)18-22-25(34)9-5-10-26(22)35)38-31(28)40(19-12-14-36-15-13-19)17-21-23(32)7-4-8-24(21)33/h2-16H,17-18H2,1H3. The minimum absolute atomic E-state index is 0.315. The summed E-state index contributed by atoms with van der Waals surface area (Å²) in [5, 5.41) is 8.03. The van der Waals surface area contributed by atoms with Crippen molar-refractivity contribution in [1.29, 1.82) is 0 Å². The smallest absolute Gasteiger partial charge is 0.183 e. The van der Waals surface area contributed by atoms with E-state index in [2.05, 4.69) is 9.97 Å². The van der Waals surface area contributed by atoms with E-state index in [1.807, 2.05) is 70.2 Å². The first-order valence-corrected chi connectivity index (χ1v) is 14.4. The molecule has 0 aliphatic heterocycles. The SMILES string of the molecule is COc1cnc(-c2nn(Cc3c(Cl)cccc3Cl)c3ccccc23)nc1N(Cc1c(Cl)cccc1Cl)c1ccncc1. The Balaban J connectivity index is 1.50. The zero-order chi connectivity index (χ0) is 29.2. The normalized spacial score (nSPS) is 11.2. The zero-order valence-corrected chi connectivity index (χ0v) is 25.2. The van der Waals surface area contributed by atoms with Crippen LogP contribution in [-0.4, -0.2) is 31.8 Å². The molecule has 0 aliphatic carbocycles. The van der Waals surface area contributed by atoms with E-state index in [1.54, 1.807) is 37.8 Å². The van der Waals surface area contributed by atoms with Crippen LogP contribution in [0.1, 0.15) is 11.1 Å². The summed E-state index contributed by atoms with van der Waals surface area (Å²) in [5.74, 6) is 1.39. The van der Waals surface area contributed by atoms with Gasteiger partial charge in [-0.05, 0) is 42.5 Å². The number of hydrogen-bond donors (Lipinski definition) is 0. The summed E-state index contributed by atoms with van der Waals surface area (Å²) < 4.78 is 7.59. The molecule has 7 nitrogen and oxygen atoms in total. The number of aromatic nitrogens is 5. The fraction of sp³-hybridized carbons (Fsp3) is 0.0968. The maximum absolute atomic E-state index is 6.59. The van der Waals surface area contributed by atoms with Crippen molar-refractivity contribution in [3.63, 3.8) is 0 Å². The Hall–Kier alpha value is -3.88. The number of hydrogen-bond acceptors (Lipinski definition) is 6. The van der Waals surface area contributed by atoms with Gasteiger partial charge >= 0.3 is 0 Å². The Morgan fingerprint density at radius 2 is 1.43 bits per heavy atom. The molecule has 0 amide bonds. The zero-order valence-electron chi connectivity index (χ0n) is 22.2. The van der Waals surface area contributed by atoms with Crippen molar-refractivity contribution in [2.45, 2.75) is 13.1 Å². The van der Waals surface area contributed by atoms with E-state index in [1.165, 1.54) is 0 Å². The highest BCUT2D eigenvalue weighted by Gasteiger charge is 2.23. The molecule has 0 aliphatic rings.